The minimum atomic E-state index is 0.976. The predicted octanol–water partition coefficient (Wildman–Crippen LogP) is 5.47. The van der Waals surface area contributed by atoms with Crippen molar-refractivity contribution in [2.24, 2.45) is 4.99 Å². The molecule has 0 spiro atoms. The zero-order valence-corrected chi connectivity index (χ0v) is 13.0. The Morgan fingerprint density at radius 2 is 1.05 bits per heavy atom. The zero-order valence-electron chi connectivity index (χ0n) is 13.0. The zero-order chi connectivity index (χ0) is 15.4. The molecule has 3 aromatic rings. The number of aryl methyl sites for hydroxylation is 2. The van der Waals surface area contributed by atoms with E-state index < -0.39 is 0 Å². The van der Waals surface area contributed by atoms with E-state index in [0.29, 0.717) is 0 Å². The summed E-state index contributed by atoms with van der Waals surface area (Å²) in [6, 6.07) is 27.0. The summed E-state index contributed by atoms with van der Waals surface area (Å²) in [6.07, 6.45) is 0. The van der Waals surface area contributed by atoms with E-state index in [1.165, 1.54) is 22.3 Å². The van der Waals surface area contributed by atoms with Crippen LogP contribution in [0.25, 0.3) is 0 Å². The maximum atomic E-state index is 4.94. The fourth-order valence-corrected chi connectivity index (χ4v) is 2.57. The molecule has 0 atom stereocenters. The lowest BCUT2D eigenvalue weighted by molar-refractivity contribution is 1.37. The number of benzene rings is 3. The van der Waals surface area contributed by atoms with Crippen LogP contribution in [-0.2, 0) is 0 Å². The lowest BCUT2D eigenvalue weighted by atomic mass is 9.95. The predicted molar refractivity (Wildman–Crippen MR) is 94.1 cm³/mol. The first kappa shape index (κ1) is 14.3. The van der Waals surface area contributed by atoms with E-state index in [2.05, 4.69) is 62.4 Å². The third kappa shape index (κ3) is 2.99. The number of hydrogen-bond donors (Lipinski definition) is 0. The van der Waals surface area contributed by atoms with Crippen molar-refractivity contribution in [1.82, 2.24) is 0 Å². The topological polar surface area (TPSA) is 12.4 Å². The van der Waals surface area contributed by atoms with Crippen LogP contribution >= 0.6 is 0 Å². The Hall–Kier alpha value is -2.67. The highest BCUT2D eigenvalue weighted by Gasteiger charge is 2.11. The number of hydrogen-bond acceptors (Lipinski definition) is 1. The smallest absolute Gasteiger partial charge is 0.0786 e. The van der Waals surface area contributed by atoms with E-state index in [1.807, 2.05) is 30.3 Å². The fourth-order valence-electron chi connectivity index (χ4n) is 2.57. The van der Waals surface area contributed by atoms with Gasteiger partial charge in [0.15, 0.2) is 0 Å². The molecule has 1 heteroatoms. The average Bonchev–Trinajstić information content (AvgIpc) is 2.55. The fraction of sp³-hybridized carbons (Fsp3) is 0.0952. The van der Waals surface area contributed by atoms with Crippen LogP contribution in [0.4, 0.5) is 5.69 Å². The second-order valence-electron chi connectivity index (χ2n) is 5.43. The van der Waals surface area contributed by atoms with E-state index in [1.54, 1.807) is 0 Å². The molecular formula is C21H19N. The molecule has 0 aliphatic carbocycles. The summed E-state index contributed by atoms with van der Waals surface area (Å²) in [5, 5.41) is 0. The van der Waals surface area contributed by atoms with E-state index in [0.717, 1.165) is 11.4 Å². The van der Waals surface area contributed by atoms with Crippen molar-refractivity contribution in [2.75, 3.05) is 0 Å². The number of para-hydroxylation sites is 1. The van der Waals surface area contributed by atoms with Crippen molar-refractivity contribution in [2.45, 2.75) is 13.8 Å². The Morgan fingerprint density at radius 1 is 0.591 bits per heavy atom. The number of aliphatic imine (C=N–C) groups is 1. The number of nitrogens with zero attached hydrogens (tertiary/aromatic N) is 1. The highest BCUT2D eigenvalue weighted by molar-refractivity contribution is 6.15. The molecule has 3 aromatic carbocycles. The molecule has 0 saturated heterocycles. The van der Waals surface area contributed by atoms with Crippen molar-refractivity contribution in [3.05, 3.63) is 101 Å². The maximum Gasteiger partial charge on any atom is 0.0786 e. The van der Waals surface area contributed by atoms with E-state index in [4.69, 9.17) is 4.99 Å². The molecule has 0 aromatic heterocycles. The summed E-state index contributed by atoms with van der Waals surface area (Å²) >= 11 is 0. The van der Waals surface area contributed by atoms with Crippen LogP contribution in [0.1, 0.15) is 22.3 Å². The van der Waals surface area contributed by atoms with Crippen LogP contribution in [0.5, 0.6) is 0 Å². The van der Waals surface area contributed by atoms with Crippen LogP contribution in [0.2, 0.25) is 0 Å². The Morgan fingerprint density at radius 3 is 1.55 bits per heavy atom. The van der Waals surface area contributed by atoms with Crippen LogP contribution in [-0.4, -0.2) is 5.71 Å². The molecule has 22 heavy (non-hydrogen) atoms. The van der Waals surface area contributed by atoms with Gasteiger partial charge >= 0.3 is 0 Å². The van der Waals surface area contributed by atoms with Gasteiger partial charge in [0.2, 0.25) is 0 Å². The Balaban J connectivity index is 2.22. The molecule has 0 unspecified atom stereocenters. The average molecular weight is 285 g/mol. The minimum absolute atomic E-state index is 0.976. The summed E-state index contributed by atoms with van der Waals surface area (Å²) in [6.45, 7) is 4.27. The SMILES string of the molecule is Cc1ccccc1C(=Nc1ccccc1)c1ccccc1C. The van der Waals surface area contributed by atoms with E-state index in [9.17, 15) is 0 Å². The normalized spacial score (nSPS) is 10.3. The molecule has 0 heterocycles. The Labute approximate surface area is 132 Å². The van der Waals surface area contributed by atoms with Crippen molar-refractivity contribution < 1.29 is 0 Å². The highest BCUT2D eigenvalue weighted by Crippen LogP contribution is 2.22. The first-order valence-electron chi connectivity index (χ1n) is 7.51. The molecule has 3 rings (SSSR count). The molecule has 0 amide bonds. The summed E-state index contributed by atoms with van der Waals surface area (Å²) in [5.74, 6) is 0. The standard InChI is InChI=1S/C21H19N/c1-16-10-6-8-14-19(16)21(20-15-9-7-11-17(20)2)22-18-12-4-3-5-13-18/h3-15H,1-2H3. The Kier molecular flexibility index (Phi) is 4.15. The van der Waals surface area contributed by atoms with Gasteiger partial charge in [0.1, 0.15) is 0 Å². The third-order valence-electron chi connectivity index (χ3n) is 3.80. The van der Waals surface area contributed by atoms with Gasteiger partial charge in [0.05, 0.1) is 11.4 Å². The molecule has 0 radical (unpaired) electrons. The summed E-state index contributed by atoms with van der Waals surface area (Å²) in [5.41, 5.74) is 6.84. The second kappa shape index (κ2) is 6.40. The van der Waals surface area contributed by atoms with Crippen LogP contribution in [0.3, 0.4) is 0 Å². The molecule has 0 N–H and O–H groups in total. The minimum Gasteiger partial charge on any atom is -0.248 e. The maximum absolute atomic E-state index is 4.94. The molecule has 1 nitrogen and oxygen atoms in total. The van der Waals surface area contributed by atoms with Gasteiger partial charge < -0.3 is 0 Å². The summed E-state index contributed by atoms with van der Waals surface area (Å²) in [7, 11) is 0. The van der Waals surface area contributed by atoms with Crippen molar-refractivity contribution in [3.63, 3.8) is 0 Å². The van der Waals surface area contributed by atoms with Crippen molar-refractivity contribution in [3.8, 4) is 0 Å². The van der Waals surface area contributed by atoms with Gasteiger partial charge in [-0.25, -0.2) is 4.99 Å². The van der Waals surface area contributed by atoms with Gasteiger partial charge in [0, 0.05) is 11.1 Å². The van der Waals surface area contributed by atoms with Gasteiger partial charge in [-0.2, -0.15) is 0 Å². The van der Waals surface area contributed by atoms with Gasteiger partial charge in [-0.3, -0.25) is 0 Å². The van der Waals surface area contributed by atoms with Crippen LogP contribution in [0.15, 0.2) is 83.9 Å². The Bertz CT molecular complexity index is 753. The number of rotatable bonds is 3. The highest BCUT2D eigenvalue weighted by atomic mass is 14.7. The lowest BCUT2D eigenvalue weighted by Gasteiger charge is -2.12. The van der Waals surface area contributed by atoms with Crippen molar-refractivity contribution >= 4 is 11.4 Å². The van der Waals surface area contributed by atoms with Crippen molar-refractivity contribution in [1.29, 1.82) is 0 Å². The molecular weight excluding hydrogens is 266 g/mol. The molecule has 0 bridgehead atoms. The first-order chi connectivity index (χ1) is 10.8. The van der Waals surface area contributed by atoms with E-state index in [-0.39, 0.29) is 0 Å². The molecule has 108 valence electrons. The second-order valence-corrected chi connectivity index (χ2v) is 5.43. The summed E-state index contributed by atoms with van der Waals surface area (Å²) < 4.78 is 0. The van der Waals surface area contributed by atoms with Gasteiger partial charge in [-0.05, 0) is 37.1 Å². The molecule has 0 aliphatic rings. The lowest BCUT2D eigenvalue weighted by Crippen LogP contribution is -2.07. The van der Waals surface area contributed by atoms with Gasteiger partial charge in [-0.1, -0.05) is 66.7 Å². The monoisotopic (exact) mass is 285 g/mol. The van der Waals surface area contributed by atoms with Gasteiger partial charge in [-0.15, -0.1) is 0 Å². The quantitative estimate of drug-likeness (QED) is 0.566. The molecule has 0 saturated carbocycles. The summed E-state index contributed by atoms with van der Waals surface area (Å²) in [4.78, 5) is 4.94. The third-order valence-corrected chi connectivity index (χ3v) is 3.80. The van der Waals surface area contributed by atoms with E-state index >= 15 is 0 Å². The van der Waals surface area contributed by atoms with Gasteiger partial charge in [0.25, 0.3) is 0 Å². The molecule has 0 fully saturated rings. The molecule has 0 aliphatic heterocycles. The largest absolute Gasteiger partial charge is 0.248 e. The van der Waals surface area contributed by atoms with Crippen LogP contribution < -0.4 is 0 Å². The van der Waals surface area contributed by atoms with Crippen LogP contribution in [0, 0.1) is 13.8 Å². The first-order valence-corrected chi connectivity index (χ1v) is 7.51.